The van der Waals surface area contributed by atoms with Gasteiger partial charge in [0.15, 0.2) is 0 Å². The number of rotatable bonds is 4. The third kappa shape index (κ3) is 2.26. The van der Waals surface area contributed by atoms with Gasteiger partial charge in [-0.25, -0.2) is 4.68 Å². The van der Waals surface area contributed by atoms with Crippen molar-refractivity contribution in [2.24, 2.45) is 5.73 Å². The molecule has 1 heterocycles. The highest BCUT2D eigenvalue weighted by atomic mass is 16.5. The van der Waals surface area contributed by atoms with Crippen LogP contribution in [0.2, 0.25) is 0 Å². The van der Waals surface area contributed by atoms with Crippen molar-refractivity contribution in [2.75, 3.05) is 7.11 Å². The summed E-state index contributed by atoms with van der Waals surface area (Å²) in [7, 11) is 1.68. The number of benzene rings is 1. The third-order valence-electron chi connectivity index (χ3n) is 2.24. The van der Waals surface area contributed by atoms with Crippen LogP contribution in [0.3, 0.4) is 0 Å². The van der Waals surface area contributed by atoms with Gasteiger partial charge in [-0.3, -0.25) is 0 Å². The second kappa shape index (κ2) is 4.87. The number of aromatic nitrogens is 3. The molecule has 2 aromatic rings. The molecule has 0 bridgehead atoms. The van der Waals surface area contributed by atoms with E-state index in [9.17, 15) is 0 Å². The highest BCUT2D eigenvalue weighted by molar-refractivity contribution is 5.34. The van der Waals surface area contributed by atoms with Crippen LogP contribution in [-0.4, -0.2) is 22.1 Å². The minimum absolute atomic E-state index is 0.401. The fraction of sp³-hybridized carbons (Fsp3) is 0.273. The molecule has 0 radical (unpaired) electrons. The van der Waals surface area contributed by atoms with Crippen molar-refractivity contribution >= 4 is 0 Å². The average Bonchev–Trinajstić information content (AvgIpc) is 2.78. The van der Waals surface area contributed by atoms with Gasteiger partial charge in [-0.1, -0.05) is 17.3 Å². The molecule has 1 aromatic carbocycles. The van der Waals surface area contributed by atoms with Gasteiger partial charge < -0.3 is 10.5 Å². The molecule has 0 aliphatic rings. The molecule has 0 saturated carbocycles. The summed E-state index contributed by atoms with van der Waals surface area (Å²) in [6.45, 7) is 0.990. The van der Waals surface area contributed by atoms with Gasteiger partial charge >= 0.3 is 0 Å². The molecule has 0 fully saturated rings. The van der Waals surface area contributed by atoms with Gasteiger partial charge in [-0.05, 0) is 17.7 Å². The maximum Gasteiger partial charge on any atom is 0.0967 e. The number of nitrogens with two attached hydrogens (primary N) is 1. The van der Waals surface area contributed by atoms with Gasteiger partial charge in [0.2, 0.25) is 0 Å². The molecule has 0 aliphatic heterocycles. The predicted octanol–water partition coefficient (Wildman–Crippen LogP) is 0.872. The molecule has 0 amide bonds. The summed E-state index contributed by atoms with van der Waals surface area (Å²) in [6.07, 6.45) is 1.83. The third-order valence-corrected chi connectivity index (χ3v) is 2.24. The minimum atomic E-state index is 0.401. The van der Waals surface area contributed by atoms with Crippen LogP contribution in [0.5, 0.6) is 0 Å². The topological polar surface area (TPSA) is 66.0 Å². The lowest BCUT2D eigenvalue weighted by molar-refractivity contribution is 0.185. The van der Waals surface area contributed by atoms with Gasteiger partial charge in [-0.2, -0.15) is 0 Å². The summed E-state index contributed by atoms with van der Waals surface area (Å²) in [6, 6.07) is 7.95. The van der Waals surface area contributed by atoms with Crippen LogP contribution in [0.1, 0.15) is 11.3 Å². The molecule has 84 valence electrons. The highest BCUT2D eigenvalue weighted by Gasteiger charge is 2.02. The second-order valence-electron chi connectivity index (χ2n) is 3.46. The Bertz CT molecular complexity index is 467. The standard InChI is InChI=1S/C11H14N4O/c1-16-8-9-3-2-4-11(5-9)15-7-10(6-12)13-14-15/h2-5,7H,6,8,12H2,1H3. The van der Waals surface area contributed by atoms with Gasteiger partial charge in [0, 0.05) is 13.7 Å². The zero-order chi connectivity index (χ0) is 11.4. The van der Waals surface area contributed by atoms with E-state index in [0.29, 0.717) is 13.2 Å². The van der Waals surface area contributed by atoms with Crippen LogP contribution in [0.4, 0.5) is 0 Å². The summed E-state index contributed by atoms with van der Waals surface area (Å²) >= 11 is 0. The Labute approximate surface area is 93.8 Å². The van der Waals surface area contributed by atoms with E-state index < -0.39 is 0 Å². The van der Waals surface area contributed by atoms with Crippen molar-refractivity contribution in [3.8, 4) is 5.69 Å². The van der Waals surface area contributed by atoms with E-state index >= 15 is 0 Å². The first kappa shape index (κ1) is 10.8. The Morgan fingerprint density at radius 3 is 3.00 bits per heavy atom. The lowest BCUT2D eigenvalue weighted by Gasteiger charge is -2.03. The van der Waals surface area contributed by atoms with Crippen molar-refractivity contribution in [3.63, 3.8) is 0 Å². The Hall–Kier alpha value is -1.72. The maximum absolute atomic E-state index is 5.48. The molecular weight excluding hydrogens is 204 g/mol. The maximum atomic E-state index is 5.48. The zero-order valence-electron chi connectivity index (χ0n) is 9.13. The van der Waals surface area contributed by atoms with Gasteiger partial charge in [0.25, 0.3) is 0 Å². The molecule has 5 heteroatoms. The predicted molar refractivity (Wildman–Crippen MR) is 60.0 cm³/mol. The summed E-state index contributed by atoms with van der Waals surface area (Å²) in [4.78, 5) is 0. The molecule has 2 N–H and O–H groups in total. The first-order chi connectivity index (χ1) is 7.83. The molecule has 1 aromatic heterocycles. The molecular formula is C11H14N4O. The molecule has 0 spiro atoms. The zero-order valence-corrected chi connectivity index (χ0v) is 9.13. The Morgan fingerprint density at radius 2 is 2.31 bits per heavy atom. The fourth-order valence-corrected chi connectivity index (χ4v) is 1.47. The van der Waals surface area contributed by atoms with E-state index in [1.54, 1.807) is 11.8 Å². The largest absolute Gasteiger partial charge is 0.380 e. The number of ether oxygens (including phenoxy) is 1. The van der Waals surface area contributed by atoms with Gasteiger partial charge in [0.05, 0.1) is 24.2 Å². The summed E-state index contributed by atoms with van der Waals surface area (Å²) in [5.74, 6) is 0. The van der Waals surface area contributed by atoms with E-state index in [1.165, 1.54) is 0 Å². The first-order valence-corrected chi connectivity index (χ1v) is 5.03. The lowest BCUT2D eigenvalue weighted by atomic mass is 10.2. The number of nitrogens with zero attached hydrogens (tertiary/aromatic N) is 3. The van der Waals surface area contributed by atoms with Crippen molar-refractivity contribution in [1.29, 1.82) is 0 Å². The smallest absolute Gasteiger partial charge is 0.0967 e. The Balaban J connectivity index is 2.28. The molecule has 0 unspecified atom stereocenters. The van der Waals surface area contributed by atoms with Crippen LogP contribution in [-0.2, 0) is 17.9 Å². The summed E-state index contributed by atoms with van der Waals surface area (Å²) < 4.78 is 6.79. The molecule has 16 heavy (non-hydrogen) atoms. The lowest BCUT2D eigenvalue weighted by Crippen LogP contribution is -1.97. The van der Waals surface area contributed by atoms with Crippen LogP contribution in [0, 0.1) is 0 Å². The molecule has 0 saturated heterocycles. The number of hydrogen-bond acceptors (Lipinski definition) is 4. The van der Waals surface area contributed by atoms with Crippen LogP contribution < -0.4 is 5.73 Å². The molecule has 0 atom stereocenters. The SMILES string of the molecule is COCc1cccc(-n2cc(CN)nn2)c1. The van der Waals surface area contributed by atoms with Crippen LogP contribution in [0.25, 0.3) is 5.69 Å². The molecule has 0 aliphatic carbocycles. The Kier molecular flexibility index (Phi) is 3.28. The van der Waals surface area contributed by atoms with E-state index in [0.717, 1.165) is 16.9 Å². The number of methoxy groups -OCH3 is 1. The van der Waals surface area contributed by atoms with E-state index in [4.69, 9.17) is 10.5 Å². The van der Waals surface area contributed by atoms with Gasteiger partial charge in [0.1, 0.15) is 0 Å². The monoisotopic (exact) mass is 218 g/mol. The average molecular weight is 218 g/mol. The van der Waals surface area contributed by atoms with E-state index in [2.05, 4.69) is 10.3 Å². The normalized spacial score (nSPS) is 10.6. The quantitative estimate of drug-likeness (QED) is 0.827. The van der Waals surface area contributed by atoms with Crippen molar-refractivity contribution in [3.05, 3.63) is 41.7 Å². The van der Waals surface area contributed by atoms with Crippen molar-refractivity contribution in [2.45, 2.75) is 13.2 Å². The first-order valence-electron chi connectivity index (χ1n) is 5.03. The summed E-state index contributed by atoms with van der Waals surface area (Å²) in [5, 5.41) is 7.95. The second-order valence-corrected chi connectivity index (χ2v) is 3.46. The van der Waals surface area contributed by atoms with Crippen molar-refractivity contribution < 1.29 is 4.74 Å². The van der Waals surface area contributed by atoms with E-state index in [1.807, 2.05) is 30.5 Å². The highest BCUT2D eigenvalue weighted by Crippen LogP contribution is 2.10. The van der Waals surface area contributed by atoms with Crippen LogP contribution in [0.15, 0.2) is 30.5 Å². The fourth-order valence-electron chi connectivity index (χ4n) is 1.47. The van der Waals surface area contributed by atoms with Crippen molar-refractivity contribution in [1.82, 2.24) is 15.0 Å². The molecule has 2 rings (SSSR count). The minimum Gasteiger partial charge on any atom is -0.380 e. The van der Waals surface area contributed by atoms with Gasteiger partial charge in [-0.15, -0.1) is 5.10 Å². The number of hydrogen-bond donors (Lipinski definition) is 1. The summed E-state index contributed by atoms with van der Waals surface area (Å²) in [5.41, 5.74) is 8.32. The van der Waals surface area contributed by atoms with E-state index in [-0.39, 0.29) is 0 Å². The Morgan fingerprint density at radius 1 is 1.44 bits per heavy atom. The molecule has 5 nitrogen and oxygen atoms in total. The van der Waals surface area contributed by atoms with Crippen LogP contribution >= 0.6 is 0 Å².